The fraction of sp³-hybridized carbons (Fsp3) is 0.458. The van der Waals surface area contributed by atoms with E-state index in [1.807, 2.05) is 42.5 Å². The molecular weight excluding hydrogens is 508 g/mol. The molecule has 3 unspecified atom stereocenters. The van der Waals surface area contributed by atoms with E-state index in [1.165, 1.54) is 4.90 Å². The maximum Gasteiger partial charge on any atom is 0.310 e. The second kappa shape index (κ2) is 8.60. The predicted molar refractivity (Wildman–Crippen MR) is 130 cm³/mol. The van der Waals surface area contributed by atoms with Crippen molar-refractivity contribution in [2.75, 3.05) is 25.1 Å². The summed E-state index contributed by atoms with van der Waals surface area (Å²) in [6.45, 7) is 1.76. The maximum atomic E-state index is 13.7. The van der Waals surface area contributed by atoms with E-state index < -0.39 is 22.6 Å². The van der Waals surface area contributed by atoms with Gasteiger partial charge < -0.3 is 20.1 Å². The molecule has 0 aliphatic carbocycles. The Hall–Kier alpha value is -2.10. The van der Waals surface area contributed by atoms with Gasteiger partial charge in [0, 0.05) is 22.3 Å². The molecule has 3 fully saturated rings. The highest BCUT2D eigenvalue weighted by molar-refractivity contribution is 9.09. The Morgan fingerprint density at radius 2 is 2.03 bits per heavy atom. The van der Waals surface area contributed by atoms with Crippen LogP contribution in [0.2, 0.25) is 0 Å². The molecular formula is C24H25BrN2O5S. The van der Waals surface area contributed by atoms with E-state index in [0.29, 0.717) is 12.1 Å². The lowest BCUT2D eigenvalue weighted by Gasteiger charge is -2.35. The summed E-state index contributed by atoms with van der Waals surface area (Å²) in [5.74, 6) is -2.19. The largest absolute Gasteiger partial charge is 0.466 e. The number of amides is 2. The zero-order valence-electron chi connectivity index (χ0n) is 18.1. The van der Waals surface area contributed by atoms with Gasteiger partial charge in [0.05, 0.1) is 29.8 Å². The van der Waals surface area contributed by atoms with Crippen LogP contribution in [-0.4, -0.2) is 68.4 Å². The highest BCUT2D eigenvalue weighted by Gasteiger charge is 2.75. The molecule has 2 aromatic carbocycles. The van der Waals surface area contributed by atoms with Gasteiger partial charge in [0.1, 0.15) is 6.04 Å². The van der Waals surface area contributed by atoms with Gasteiger partial charge in [-0.15, -0.1) is 11.8 Å². The second-order valence-corrected chi connectivity index (χ2v) is 11.4. The maximum absolute atomic E-state index is 13.7. The van der Waals surface area contributed by atoms with Crippen molar-refractivity contribution in [3.05, 3.63) is 42.5 Å². The molecule has 0 aromatic heterocycles. The van der Waals surface area contributed by atoms with Gasteiger partial charge in [-0.1, -0.05) is 46.3 Å². The van der Waals surface area contributed by atoms with E-state index >= 15 is 0 Å². The monoisotopic (exact) mass is 532 g/mol. The first-order valence-electron chi connectivity index (χ1n) is 11.1. The van der Waals surface area contributed by atoms with Gasteiger partial charge in [0.25, 0.3) is 0 Å². The number of alkyl halides is 1. The number of fused-ring (bicyclic) bond motifs is 2. The minimum Gasteiger partial charge on any atom is -0.466 e. The lowest BCUT2D eigenvalue weighted by molar-refractivity contribution is -0.153. The molecule has 2 aromatic rings. The van der Waals surface area contributed by atoms with Crippen molar-refractivity contribution in [3.8, 4) is 0 Å². The van der Waals surface area contributed by atoms with Crippen molar-refractivity contribution < 1.29 is 24.2 Å². The molecule has 3 saturated heterocycles. The van der Waals surface area contributed by atoms with Crippen LogP contribution in [-0.2, 0) is 19.1 Å². The number of likely N-dealkylation sites (tertiary alicyclic amines) is 1. The molecule has 2 amide bonds. The van der Waals surface area contributed by atoms with Gasteiger partial charge in [-0.2, -0.15) is 0 Å². The highest BCUT2D eigenvalue weighted by Crippen LogP contribution is 2.67. The highest BCUT2D eigenvalue weighted by atomic mass is 79.9. The van der Waals surface area contributed by atoms with Gasteiger partial charge in [-0.05, 0) is 36.2 Å². The molecule has 3 aliphatic heterocycles. The Kier molecular flexibility index (Phi) is 5.91. The Bertz CT molecular complexity index is 1130. The molecule has 0 radical (unpaired) electrons. The van der Waals surface area contributed by atoms with Gasteiger partial charge in [0.2, 0.25) is 11.8 Å². The number of hydrogen-bond donors (Lipinski definition) is 2. The van der Waals surface area contributed by atoms with Crippen LogP contribution in [0.1, 0.15) is 13.3 Å². The number of β-amino-alcohol motifs (C(OH)–C–C–N with tert-alkyl or cyclic N) is 1. The van der Waals surface area contributed by atoms with Gasteiger partial charge in [0.15, 0.2) is 0 Å². The van der Waals surface area contributed by atoms with E-state index in [0.717, 1.165) is 10.8 Å². The molecule has 5 rings (SSSR count). The SMILES string of the molecule is CCOC(=O)[C@H]1[C@@H]2SC3(CC2Br)C(C(=O)Nc2ccc4ccccc4c2)N(CCO)C(=O)[C@H]13. The topological polar surface area (TPSA) is 95.9 Å². The number of nitrogens with zero attached hydrogens (tertiary/aromatic N) is 1. The van der Waals surface area contributed by atoms with Gasteiger partial charge in [-0.25, -0.2) is 0 Å². The molecule has 2 N–H and O–H groups in total. The molecule has 0 saturated carbocycles. The number of carbonyl (C=O) groups is 3. The molecule has 1 spiro atoms. The number of esters is 1. The normalized spacial score (nSPS) is 32.3. The molecule has 6 atom stereocenters. The summed E-state index contributed by atoms with van der Waals surface area (Å²) in [5.41, 5.74) is 0.643. The van der Waals surface area contributed by atoms with Crippen LogP contribution < -0.4 is 5.32 Å². The zero-order valence-corrected chi connectivity index (χ0v) is 20.5. The average Bonchev–Trinajstić information content (AvgIpc) is 3.38. The van der Waals surface area contributed by atoms with E-state index in [1.54, 1.807) is 18.7 Å². The van der Waals surface area contributed by atoms with Crippen LogP contribution >= 0.6 is 27.7 Å². The van der Waals surface area contributed by atoms with Crippen LogP contribution in [0.25, 0.3) is 10.8 Å². The summed E-state index contributed by atoms with van der Waals surface area (Å²) in [7, 11) is 0. The Labute approximate surface area is 204 Å². The number of halogens is 1. The van der Waals surface area contributed by atoms with Crippen molar-refractivity contribution >= 4 is 61.9 Å². The molecule has 174 valence electrons. The van der Waals surface area contributed by atoms with Crippen molar-refractivity contribution in [1.29, 1.82) is 0 Å². The van der Waals surface area contributed by atoms with Crippen LogP contribution in [0.3, 0.4) is 0 Å². The number of thioether (sulfide) groups is 1. The number of aliphatic hydroxyl groups excluding tert-OH is 1. The number of carbonyl (C=O) groups excluding carboxylic acids is 3. The smallest absolute Gasteiger partial charge is 0.310 e. The lowest BCUT2D eigenvalue weighted by atomic mass is 9.71. The predicted octanol–water partition coefficient (Wildman–Crippen LogP) is 2.80. The molecule has 9 heteroatoms. The van der Waals surface area contributed by atoms with Crippen LogP contribution in [0.15, 0.2) is 42.5 Å². The Morgan fingerprint density at radius 1 is 1.27 bits per heavy atom. The summed E-state index contributed by atoms with van der Waals surface area (Å²) in [6, 6.07) is 12.8. The lowest BCUT2D eigenvalue weighted by Crippen LogP contribution is -2.52. The van der Waals surface area contributed by atoms with Crippen molar-refractivity contribution in [3.63, 3.8) is 0 Å². The van der Waals surface area contributed by atoms with Crippen molar-refractivity contribution in [2.45, 2.75) is 34.2 Å². The number of benzene rings is 2. The number of anilines is 1. The van der Waals surface area contributed by atoms with Gasteiger partial charge in [-0.3, -0.25) is 14.4 Å². The standard InChI is InChI=1S/C24H25BrN2O5S/c1-2-32-23(31)17-18-22(30)27(9-10-28)20(24(18)12-16(25)19(17)33-24)21(29)26-15-8-7-13-5-3-4-6-14(13)11-15/h3-8,11,16-20,28H,2,9-10,12H2,1H3,(H,26,29)/t16?,17-,18+,19-,20?,24?/m1/s1. The quantitative estimate of drug-likeness (QED) is 0.438. The van der Waals surface area contributed by atoms with E-state index in [4.69, 9.17) is 4.74 Å². The third-order valence-corrected chi connectivity index (χ3v) is 10.2. The molecule has 3 aliphatic rings. The van der Waals surface area contributed by atoms with Crippen molar-refractivity contribution in [2.24, 2.45) is 11.8 Å². The zero-order chi connectivity index (χ0) is 23.3. The number of hydrogen-bond acceptors (Lipinski definition) is 6. The van der Waals surface area contributed by atoms with Gasteiger partial charge >= 0.3 is 5.97 Å². The summed E-state index contributed by atoms with van der Waals surface area (Å²) in [6.07, 6.45) is 0.590. The van der Waals surface area contributed by atoms with E-state index in [-0.39, 0.29) is 47.6 Å². The van der Waals surface area contributed by atoms with Crippen LogP contribution in [0, 0.1) is 11.8 Å². The van der Waals surface area contributed by atoms with Crippen LogP contribution in [0.5, 0.6) is 0 Å². The fourth-order valence-electron chi connectivity index (χ4n) is 5.76. The fourth-order valence-corrected chi connectivity index (χ4v) is 9.36. The first-order chi connectivity index (χ1) is 15.9. The summed E-state index contributed by atoms with van der Waals surface area (Å²) in [4.78, 5) is 41.5. The average molecular weight is 533 g/mol. The number of rotatable bonds is 6. The molecule has 2 bridgehead atoms. The summed E-state index contributed by atoms with van der Waals surface area (Å²) in [5, 5.41) is 14.6. The number of ether oxygens (including phenoxy) is 1. The third kappa shape index (κ3) is 3.47. The Morgan fingerprint density at radius 3 is 2.76 bits per heavy atom. The molecule has 7 nitrogen and oxygen atoms in total. The molecule has 3 heterocycles. The third-order valence-electron chi connectivity index (χ3n) is 6.95. The summed E-state index contributed by atoms with van der Waals surface area (Å²) >= 11 is 5.25. The molecule has 33 heavy (non-hydrogen) atoms. The number of nitrogens with one attached hydrogen (secondary N) is 1. The first kappa shape index (κ1) is 22.7. The number of aliphatic hydroxyl groups is 1. The first-order valence-corrected chi connectivity index (χ1v) is 12.9. The van der Waals surface area contributed by atoms with E-state index in [9.17, 15) is 19.5 Å². The minimum atomic E-state index is -0.789. The summed E-state index contributed by atoms with van der Waals surface area (Å²) < 4.78 is 4.57. The minimum absolute atomic E-state index is 0.00833. The Balaban J connectivity index is 1.50. The van der Waals surface area contributed by atoms with Crippen LogP contribution in [0.4, 0.5) is 5.69 Å². The van der Waals surface area contributed by atoms with E-state index in [2.05, 4.69) is 21.2 Å². The van der Waals surface area contributed by atoms with Crippen molar-refractivity contribution in [1.82, 2.24) is 4.90 Å². The second-order valence-electron chi connectivity index (χ2n) is 8.72.